The minimum Gasteiger partial charge on any atom is -0.504 e. The van der Waals surface area contributed by atoms with Gasteiger partial charge < -0.3 is 5.11 Å². The highest BCUT2D eigenvalue weighted by atomic mass is 32.2. The van der Waals surface area contributed by atoms with Crippen molar-refractivity contribution in [2.24, 2.45) is 0 Å². The summed E-state index contributed by atoms with van der Waals surface area (Å²) in [6.45, 7) is 10.8. The third kappa shape index (κ3) is 3.00. The highest BCUT2D eigenvalue weighted by molar-refractivity contribution is 7.92. The molecule has 0 aliphatic carbocycles. The van der Waals surface area contributed by atoms with Crippen molar-refractivity contribution in [2.75, 3.05) is 0 Å². The molecule has 0 saturated carbocycles. The molecule has 5 nitrogen and oxygen atoms in total. The van der Waals surface area contributed by atoms with E-state index >= 15 is 0 Å². The van der Waals surface area contributed by atoms with Crippen LogP contribution in [0.5, 0.6) is 5.75 Å². The lowest BCUT2D eigenvalue weighted by Crippen LogP contribution is -2.27. The minimum absolute atomic E-state index is 0.130. The van der Waals surface area contributed by atoms with Gasteiger partial charge in [-0.2, -0.15) is 5.10 Å². The van der Waals surface area contributed by atoms with Crippen LogP contribution in [0.25, 0.3) is 11.3 Å². The Labute approximate surface area is 137 Å². The molecule has 0 aliphatic rings. The lowest BCUT2D eigenvalue weighted by Gasteiger charge is -2.19. The Hall–Kier alpha value is -1.82. The Morgan fingerprint density at radius 2 is 1.65 bits per heavy atom. The van der Waals surface area contributed by atoms with E-state index in [2.05, 4.69) is 5.10 Å². The number of aromatic hydroxyl groups is 1. The fourth-order valence-corrected chi connectivity index (χ4v) is 3.55. The molecule has 0 bridgehead atoms. The van der Waals surface area contributed by atoms with Crippen LogP contribution in [0.15, 0.2) is 29.2 Å². The largest absolute Gasteiger partial charge is 0.504 e. The van der Waals surface area contributed by atoms with Crippen LogP contribution >= 0.6 is 0 Å². The van der Waals surface area contributed by atoms with Gasteiger partial charge in [0.05, 0.1) is 15.3 Å². The standard InChI is InChI=1S/C17H24N2O3S/c1-11(2)19-12(3)16(20)15(18-19)13-7-9-14(10-8-13)23(21,22)17(4,5)6/h7-11,20H,1-6H3. The molecule has 1 aromatic carbocycles. The lowest BCUT2D eigenvalue weighted by atomic mass is 10.1. The van der Waals surface area contributed by atoms with E-state index in [1.54, 1.807) is 49.7 Å². The molecule has 1 N–H and O–H groups in total. The smallest absolute Gasteiger partial charge is 0.183 e. The molecule has 0 spiro atoms. The van der Waals surface area contributed by atoms with Crippen molar-refractivity contribution in [3.63, 3.8) is 0 Å². The molecule has 23 heavy (non-hydrogen) atoms. The first-order valence-corrected chi connectivity index (χ1v) is 9.08. The quantitative estimate of drug-likeness (QED) is 0.927. The van der Waals surface area contributed by atoms with Crippen LogP contribution in [0, 0.1) is 6.92 Å². The van der Waals surface area contributed by atoms with Gasteiger partial charge in [0.15, 0.2) is 15.6 Å². The van der Waals surface area contributed by atoms with Gasteiger partial charge in [0, 0.05) is 11.6 Å². The first-order chi connectivity index (χ1) is 10.5. The van der Waals surface area contributed by atoms with Gasteiger partial charge in [-0.05, 0) is 53.7 Å². The van der Waals surface area contributed by atoms with Crippen LogP contribution in [-0.4, -0.2) is 28.1 Å². The Balaban J connectivity index is 2.48. The summed E-state index contributed by atoms with van der Waals surface area (Å²) in [7, 11) is -3.39. The van der Waals surface area contributed by atoms with Gasteiger partial charge in [-0.3, -0.25) is 4.68 Å². The molecule has 0 fully saturated rings. The van der Waals surface area contributed by atoms with E-state index in [1.807, 2.05) is 20.8 Å². The second kappa shape index (κ2) is 5.67. The van der Waals surface area contributed by atoms with Gasteiger partial charge in [-0.25, -0.2) is 8.42 Å². The van der Waals surface area contributed by atoms with E-state index < -0.39 is 14.6 Å². The SMILES string of the molecule is Cc1c(O)c(-c2ccc(S(=O)(=O)C(C)(C)C)cc2)nn1C(C)C. The summed E-state index contributed by atoms with van der Waals surface area (Å²) in [6, 6.07) is 6.64. The Morgan fingerprint density at radius 3 is 2.04 bits per heavy atom. The van der Waals surface area contributed by atoms with Crippen LogP contribution < -0.4 is 0 Å². The molecule has 126 valence electrons. The summed E-state index contributed by atoms with van der Waals surface area (Å²) in [5, 5.41) is 14.7. The molecule has 0 saturated heterocycles. The van der Waals surface area contributed by atoms with E-state index in [-0.39, 0.29) is 16.7 Å². The van der Waals surface area contributed by atoms with Gasteiger partial charge >= 0.3 is 0 Å². The molecule has 0 unspecified atom stereocenters. The summed E-state index contributed by atoms with van der Waals surface area (Å²) in [6.07, 6.45) is 0. The van der Waals surface area contributed by atoms with E-state index in [1.165, 1.54) is 0 Å². The fraction of sp³-hybridized carbons (Fsp3) is 0.471. The Kier molecular flexibility index (Phi) is 4.32. The van der Waals surface area contributed by atoms with E-state index in [4.69, 9.17) is 0 Å². The zero-order chi connectivity index (χ0) is 17.6. The Bertz CT molecular complexity index is 811. The number of benzene rings is 1. The molecule has 0 amide bonds. The van der Waals surface area contributed by atoms with Crippen molar-refractivity contribution in [3.8, 4) is 17.0 Å². The number of sulfone groups is 1. The van der Waals surface area contributed by atoms with Crippen LogP contribution in [0.4, 0.5) is 0 Å². The highest BCUT2D eigenvalue weighted by Crippen LogP contribution is 2.34. The van der Waals surface area contributed by atoms with Gasteiger partial charge in [0.1, 0.15) is 5.69 Å². The summed E-state index contributed by atoms with van der Waals surface area (Å²) in [4.78, 5) is 0.272. The van der Waals surface area contributed by atoms with Crippen molar-refractivity contribution < 1.29 is 13.5 Å². The van der Waals surface area contributed by atoms with Crippen molar-refractivity contribution in [2.45, 2.75) is 57.2 Å². The summed E-state index contributed by atoms with van der Waals surface area (Å²) in [5.74, 6) is 0.130. The van der Waals surface area contributed by atoms with Crippen molar-refractivity contribution in [1.29, 1.82) is 0 Å². The second-order valence-electron chi connectivity index (χ2n) is 6.96. The lowest BCUT2D eigenvalue weighted by molar-refractivity contribution is 0.461. The zero-order valence-corrected chi connectivity index (χ0v) is 15.3. The van der Waals surface area contributed by atoms with E-state index in [9.17, 15) is 13.5 Å². The first-order valence-electron chi connectivity index (χ1n) is 7.60. The molecule has 1 aromatic heterocycles. The third-order valence-electron chi connectivity index (χ3n) is 3.85. The zero-order valence-electron chi connectivity index (χ0n) is 14.5. The number of nitrogens with zero attached hydrogens (tertiary/aromatic N) is 2. The average molecular weight is 336 g/mol. The maximum Gasteiger partial charge on any atom is 0.183 e. The van der Waals surface area contributed by atoms with Crippen LogP contribution in [-0.2, 0) is 9.84 Å². The maximum atomic E-state index is 12.4. The highest BCUT2D eigenvalue weighted by Gasteiger charge is 2.30. The van der Waals surface area contributed by atoms with Crippen molar-refractivity contribution >= 4 is 9.84 Å². The van der Waals surface area contributed by atoms with Gasteiger partial charge in [0.2, 0.25) is 0 Å². The Morgan fingerprint density at radius 1 is 1.13 bits per heavy atom. The van der Waals surface area contributed by atoms with Gasteiger partial charge in [0.25, 0.3) is 0 Å². The summed E-state index contributed by atoms with van der Waals surface area (Å²) in [5.41, 5.74) is 1.86. The van der Waals surface area contributed by atoms with E-state index in [0.717, 1.165) is 0 Å². The molecule has 1 heterocycles. The average Bonchev–Trinajstić information content (AvgIpc) is 2.74. The first kappa shape index (κ1) is 17.5. The predicted molar refractivity (Wildman–Crippen MR) is 91.4 cm³/mol. The van der Waals surface area contributed by atoms with Crippen LogP contribution in [0.2, 0.25) is 0 Å². The van der Waals surface area contributed by atoms with E-state index in [0.29, 0.717) is 17.0 Å². The molecular weight excluding hydrogens is 312 g/mol. The predicted octanol–water partition coefficient (Wildman–Crippen LogP) is 3.72. The monoisotopic (exact) mass is 336 g/mol. The normalized spacial score (nSPS) is 12.8. The topological polar surface area (TPSA) is 72.2 Å². The molecular formula is C17H24N2O3S. The minimum atomic E-state index is -3.39. The number of hydrogen-bond acceptors (Lipinski definition) is 4. The molecule has 2 rings (SSSR count). The molecule has 6 heteroatoms. The second-order valence-corrected chi connectivity index (χ2v) is 9.66. The molecule has 0 radical (unpaired) electrons. The summed E-state index contributed by atoms with van der Waals surface area (Å²) >= 11 is 0. The number of aromatic nitrogens is 2. The van der Waals surface area contributed by atoms with Gasteiger partial charge in [-0.1, -0.05) is 12.1 Å². The fourth-order valence-electron chi connectivity index (χ4n) is 2.35. The number of hydrogen-bond donors (Lipinski definition) is 1. The molecule has 0 aliphatic heterocycles. The summed E-state index contributed by atoms with van der Waals surface area (Å²) < 4.78 is 25.8. The number of rotatable bonds is 3. The van der Waals surface area contributed by atoms with Crippen molar-refractivity contribution in [3.05, 3.63) is 30.0 Å². The van der Waals surface area contributed by atoms with Gasteiger partial charge in [-0.15, -0.1) is 0 Å². The maximum absolute atomic E-state index is 12.4. The molecule has 2 aromatic rings. The van der Waals surface area contributed by atoms with Crippen LogP contribution in [0.1, 0.15) is 46.4 Å². The molecule has 0 atom stereocenters. The van der Waals surface area contributed by atoms with Crippen molar-refractivity contribution in [1.82, 2.24) is 9.78 Å². The van der Waals surface area contributed by atoms with Crippen LogP contribution in [0.3, 0.4) is 0 Å². The third-order valence-corrected chi connectivity index (χ3v) is 6.36.